The first-order valence-corrected chi connectivity index (χ1v) is 6.29. The topological polar surface area (TPSA) is 81.2 Å². The molecule has 1 aromatic heterocycles. The molecule has 3 rings (SSSR count). The van der Waals surface area contributed by atoms with E-state index < -0.39 is 0 Å². The number of amides is 2. The maximum atomic E-state index is 12.6. The highest BCUT2D eigenvalue weighted by molar-refractivity contribution is 6.24. The number of rotatable bonds is 2. The number of benzene rings is 1. The zero-order valence-electron chi connectivity index (χ0n) is 11.0. The highest BCUT2D eigenvalue weighted by Gasteiger charge is 2.34. The van der Waals surface area contributed by atoms with Crippen LogP contribution in [0.15, 0.2) is 30.5 Å². The van der Waals surface area contributed by atoms with Crippen LogP contribution in [0.1, 0.15) is 21.5 Å². The minimum atomic E-state index is -0.324. The number of nitrogens with two attached hydrogens (primary N) is 1. The van der Waals surface area contributed by atoms with Gasteiger partial charge in [-0.15, -0.1) is 0 Å². The van der Waals surface area contributed by atoms with E-state index in [2.05, 4.69) is 5.10 Å². The molecule has 1 aliphatic rings. The second-order valence-corrected chi connectivity index (χ2v) is 4.69. The molecule has 0 saturated heterocycles. The average molecular weight is 270 g/mol. The van der Waals surface area contributed by atoms with E-state index in [0.29, 0.717) is 16.9 Å². The first-order valence-electron chi connectivity index (χ1n) is 6.29. The third-order valence-corrected chi connectivity index (χ3v) is 3.45. The number of hydrogen-bond acceptors (Lipinski definition) is 4. The fraction of sp³-hybridized carbons (Fsp3) is 0.214. The maximum absolute atomic E-state index is 12.6. The van der Waals surface area contributed by atoms with Crippen LogP contribution < -0.4 is 10.6 Å². The molecule has 0 bridgehead atoms. The summed E-state index contributed by atoms with van der Waals surface area (Å²) in [6.45, 7) is 0.224. The minimum absolute atomic E-state index is 0.205. The molecule has 0 spiro atoms. The molecule has 20 heavy (non-hydrogen) atoms. The summed E-state index contributed by atoms with van der Waals surface area (Å²) in [5.41, 5.74) is 7.64. The molecule has 0 aliphatic carbocycles. The molecule has 0 radical (unpaired) electrons. The first kappa shape index (κ1) is 12.6. The molecule has 6 nitrogen and oxygen atoms in total. The third-order valence-electron chi connectivity index (χ3n) is 3.45. The summed E-state index contributed by atoms with van der Waals surface area (Å²) in [6.07, 6.45) is 1.79. The van der Waals surface area contributed by atoms with Gasteiger partial charge in [0, 0.05) is 24.7 Å². The number of aromatic nitrogens is 2. The van der Waals surface area contributed by atoms with E-state index in [1.165, 1.54) is 9.58 Å². The molecular weight excluding hydrogens is 256 g/mol. The van der Waals surface area contributed by atoms with E-state index in [4.69, 9.17) is 5.73 Å². The van der Waals surface area contributed by atoms with Gasteiger partial charge in [0.25, 0.3) is 5.91 Å². The second-order valence-electron chi connectivity index (χ2n) is 4.69. The van der Waals surface area contributed by atoms with Crippen LogP contribution in [-0.4, -0.2) is 21.6 Å². The van der Waals surface area contributed by atoms with Crippen LogP contribution in [0, 0.1) is 0 Å². The van der Waals surface area contributed by atoms with E-state index in [0.717, 1.165) is 5.56 Å². The van der Waals surface area contributed by atoms with Crippen molar-refractivity contribution in [2.24, 2.45) is 12.8 Å². The summed E-state index contributed by atoms with van der Waals surface area (Å²) in [4.78, 5) is 26.1. The monoisotopic (exact) mass is 270 g/mol. The molecular formula is C14H14N4O2. The number of fused-ring (bicyclic) bond motifs is 1. The van der Waals surface area contributed by atoms with Crippen molar-refractivity contribution in [2.45, 2.75) is 13.0 Å². The number of carbonyl (C=O) groups excluding carboxylic acids is 2. The molecule has 1 aromatic carbocycles. The molecule has 0 fully saturated rings. The predicted molar refractivity (Wildman–Crippen MR) is 73.1 cm³/mol. The summed E-state index contributed by atoms with van der Waals surface area (Å²) in [5.74, 6) is -0.126. The fourth-order valence-corrected chi connectivity index (χ4v) is 2.48. The Morgan fingerprint density at radius 1 is 1.30 bits per heavy atom. The molecule has 1 aliphatic heterocycles. The van der Waals surface area contributed by atoms with Crippen molar-refractivity contribution in [1.29, 1.82) is 0 Å². The Kier molecular flexibility index (Phi) is 2.87. The average Bonchev–Trinajstić information content (AvgIpc) is 2.80. The first-order chi connectivity index (χ1) is 9.63. The van der Waals surface area contributed by atoms with Crippen molar-refractivity contribution in [3.05, 3.63) is 47.2 Å². The molecule has 2 N–H and O–H groups in total. The highest BCUT2D eigenvalue weighted by atomic mass is 16.2. The number of imide groups is 1. The lowest BCUT2D eigenvalue weighted by Crippen LogP contribution is -2.44. The minimum Gasteiger partial charge on any atom is -0.326 e. The number of carbonyl (C=O) groups is 2. The van der Waals surface area contributed by atoms with Crippen molar-refractivity contribution in [3.8, 4) is 0 Å². The molecule has 0 atom stereocenters. The van der Waals surface area contributed by atoms with Crippen LogP contribution in [0.4, 0.5) is 5.82 Å². The van der Waals surface area contributed by atoms with E-state index in [-0.39, 0.29) is 24.8 Å². The molecule has 2 heterocycles. The van der Waals surface area contributed by atoms with Gasteiger partial charge in [0.05, 0.1) is 12.6 Å². The molecule has 0 saturated carbocycles. The van der Waals surface area contributed by atoms with Gasteiger partial charge in [0.1, 0.15) is 5.82 Å². The van der Waals surface area contributed by atoms with Gasteiger partial charge in [-0.1, -0.05) is 18.2 Å². The number of hydrogen-bond donors (Lipinski definition) is 1. The van der Waals surface area contributed by atoms with Crippen LogP contribution in [0.5, 0.6) is 0 Å². The fourth-order valence-electron chi connectivity index (χ4n) is 2.48. The summed E-state index contributed by atoms with van der Waals surface area (Å²) in [7, 11) is 1.69. The Hall–Kier alpha value is -2.47. The van der Waals surface area contributed by atoms with Crippen LogP contribution in [0.25, 0.3) is 0 Å². The lowest BCUT2D eigenvalue weighted by molar-refractivity contribution is -0.117. The Labute approximate surface area is 115 Å². The molecule has 2 amide bonds. The Balaban J connectivity index is 2.14. The molecule has 2 aromatic rings. The zero-order chi connectivity index (χ0) is 14.3. The third kappa shape index (κ3) is 1.73. The van der Waals surface area contributed by atoms with Gasteiger partial charge in [-0.2, -0.15) is 5.10 Å². The van der Waals surface area contributed by atoms with E-state index in [9.17, 15) is 9.59 Å². The van der Waals surface area contributed by atoms with Crippen molar-refractivity contribution in [2.75, 3.05) is 4.90 Å². The summed E-state index contributed by atoms with van der Waals surface area (Å²) >= 11 is 0. The SMILES string of the molecule is Cn1ncc(CN)c1N1C(=O)Cc2ccccc2C1=O. The molecule has 102 valence electrons. The van der Waals surface area contributed by atoms with Crippen LogP contribution in [-0.2, 0) is 24.8 Å². The normalized spacial score (nSPS) is 14.6. The number of anilines is 1. The molecule has 6 heteroatoms. The quantitative estimate of drug-likeness (QED) is 0.811. The van der Waals surface area contributed by atoms with Crippen molar-refractivity contribution >= 4 is 17.6 Å². The van der Waals surface area contributed by atoms with Gasteiger partial charge < -0.3 is 5.73 Å². The second kappa shape index (κ2) is 4.57. The summed E-state index contributed by atoms with van der Waals surface area (Å²) in [6, 6.07) is 7.15. The highest BCUT2D eigenvalue weighted by Crippen LogP contribution is 2.27. The van der Waals surface area contributed by atoms with E-state index in [1.807, 2.05) is 6.07 Å². The Morgan fingerprint density at radius 3 is 2.80 bits per heavy atom. The largest absolute Gasteiger partial charge is 0.326 e. The number of aryl methyl sites for hydroxylation is 1. The van der Waals surface area contributed by atoms with Crippen molar-refractivity contribution < 1.29 is 9.59 Å². The predicted octanol–water partition coefficient (Wildman–Crippen LogP) is 0.608. The van der Waals surface area contributed by atoms with Gasteiger partial charge in [-0.05, 0) is 11.6 Å². The van der Waals surface area contributed by atoms with E-state index >= 15 is 0 Å². The lowest BCUT2D eigenvalue weighted by atomic mass is 9.98. The van der Waals surface area contributed by atoms with Crippen LogP contribution in [0.3, 0.4) is 0 Å². The van der Waals surface area contributed by atoms with Gasteiger partial charge in [-0.3, -0.25) is 14.3 Å². The van der Waals surface area contributed by atoms with Crippen molar-refractivity contribution in [1.82, 2.24) is 9.78 Å². The van der Waals surface area contributed by atoms with Gasteiger partial charge in [0.15, 0.2) is 0 Å². The maximum Gasteiger partial charge on any atom is 0.266 e. The van der Waals surface area contributed by atoms with E-state index in [1.54, 1.807) is 31.4 Å². The van der Waals surface area contributed by atoms with Gasteiger partial charge in [-0.25, -0.2) is 4.90 Å². The Bertz CT molecular complexity index is 705. The lowest BCUT2D eigenvalue weighted by Gasteiger charge is -2.27. The Morgan fingerprint density at radius 2 is 2.05 bits per heavy atom. The van der Waals surface area contributed by atoms with Gasteiger partial charge >= 0.3 is 0 Å². The van der Waals surface area contributed by atoms with Crippen LogP contribution >= 0.6 is 0 Å². The summed E-state index contributed by atoms with van der Waals surface area (Å²) in [5, 5.41) is 4.08. The standard InChI is InChI=1S/C14H14N4O2/c1-17-13(10(7-15)8-16-17)18-12(19)6-9-4-2-3-5-11(9)14(18)20/h2-5,8H,6-7,15H2,1H3. The zero-order valence-corrected chi connectivity index (χ0v) is 11.0. The molecule has 0 unspecified atom stereocenters. The van der Waals surface area contributed by atoms with Crippen molar-refractivity contribution in [3.63, 3.8) is 0 Å². The summed E-state index contributed by atoms with van der Waals surface area (Å²) < 4.78 is 1.51. The smallest absolute Gasteiger partial charge is 0.266 e. The van der Waals surface area contributed by atoms with Gasteiger partial charge in [0.2, 0.25) is 5.91 Å². The number of nitrogens with zero attached hydrogens (tertiary/aromatic N) is 3. The van der Waals surface area contributed by atoms with Crippen LogP contribution in [0.2, 0.25) is 0 Å².